The van der Waals surface area contributed by atoms with Gasteiger partial charge in [0.05, 0.1) is 35.1 Å². The first-order chi connectivity index (χ1) is 18.9. The van der Waals surface area contributed by atoms with Crippen LogP contribution in [0.25, 0.3) is 0 Å². The third-order valence-electron chi connectivity index (χ3n) is 12.0. The van der Waals surface area contributed by atoms with Gasteiger partial charge in [0.2, 0.25) is 0 Å². The Bertz CT molecular complexity index is 1170. The van der Waals surface area contributed by atoms with Crippen LogP contribution < -0.4 is 5.63 Å². The SMILES string of the molecule is C[C@@H]1O[C@@H](OC2CCC3(C=O)C4CCC5(C)C(c6ccc(=O)oc6)CCC5(O)C4CCC3(O)C2)[C@H](O)[C@H](O)[C@H]1O. The summed E-state index contributed by atoms with van der Waals surface area (Å²) >= 11 is 0. The summed E-state index contributed by atoms with van der Waals surface area (Å²) in [7, 11) is 0. The summed E-state index contributed by atoms with van der Waals surface area (Å²) in [4.78, 5) is 24.5. The lowest BCUT2D eigenvalue weighted by molar-refractivity contribution is -0.317. The number of ether oxygens (including phenoxy) is 2. The number of rotatable bonds is 4. The van der Waals surface area contributed by atoms with Gasteiger partial charge in [-0.15, -0.1) is 0 Å². The fraction of sp³-hybridized carbons (Fsp3) is 0.800. The van der Waals surface area contributed by atoms with Crippen LogP contribution in [0.5, 0.6) is 0 Å². The lowest BCUT2D eigenvalue weighted by Gasteiger charge is -2.65. The number of hydrogen-bond donors (Lipinski definition) is 5. The molecule has 4 aliphatic carbocycles. The third kappa shape index (κ3) is 3.87. The minimum Gasteiger partial charge on any atom is -0.431 e. The Kier molecular flexibility index (Phi) is 6.89. The normalized spacial score (nSPS) is 52.3. The van der Waals surface area contributed by atoms with E-state index in [-0.39, 0.29) is 24.2 Å². The number of fused-ring (bicyclic) bond motifs is 5. The second-order valence-electron chi connectivity index (χ2n) is 13.5. The predicted octanol–water partition coefficient (Wildman–Crippen LogP) is 1.39. The van der Waals surface area contributed by atoms with E-state index in [1.54, 1.807) is 13.0 Å². The van der Waals surface area contributed by atoms with Crippen LogP contribution in [0.15, 0.2) is 27.6 Å². The second-order valence-corrected chi connectivity index (χ2v) is 13.5. The summed E-state index contributed by atoms with van der Waals surface area (Å²) in [5, 5.41) is 55.1. The molecule has 6 rings (SSSR count). The van der Waals surface area contributed by atoms with Gasteiger partial charge in [0.1, 0.15) is 24.6 Å². The molecular weight excluding hydrogens is 520 g/mol. The van der Waals surface area contributed by atoms with Gasteiger partial charge < -0.3 is 44.2 Å². The van der Waals surface area contributed by atoms with Crippen molar-refractivity contribution in [3.8, 4) is 0 Å². The zero-order chi connectivity index (χ0) is 28.7. The fourth-order valence-electron chi connectivity index (χ4n) is 9.67. The molecule has 222 valence electrons. The van der Waals surface area contributed by atoms with E-state index in [2.05, 4.69) is 6.92 Å². The van der Waals surface area contributed by atoms with Crippen molar-refractivity contribution in [2.24, 2.45) is 22.7 Å². The molecule has 0 spiro atoms. The standard InChI is InChI=1S/C30H42O10/c1-16-23(33)24(34)25(35)26(39-16)40-18-5-10-28(15-31)20-6-9-27(2)19(17-3-4-22(32)38-14-17)8-12-30(27,37)21(20)7-11-29(28,36)13-18/h3-4,14-16,18-21,23-26,33-37H,5-13H2,1-2H3/t16-,18?,19?,20?,21?,23-,24+,25+,26-,27?,28?,29?,30?/m0/s1. The first-order valence-electron chi connectivity index (χ1n) is 14.7. The van der Waals surface area contributed by atoms with Crippen molar-refractivity contribution in [2.45, 2.75) is 126 Å². The van der Waals surface area contributed by atoms with Gasteiger partial charge in [-0.25, -0.2) is 4.79 Å². The van der Waals surface area contributed by atoms with Crippen LogP contribution in [0.1, 0.15) is 83.1 Å². The van der Waals surface area contributed by atoms with E-state index in [4.69, 9.17) is 13.9 Å². The summed E-state index contributed by atoms with van der Waals surface area (Å²) in [6.07, 6.45) is 0.559. The Morgan fingerprint density at radius 2 is 1.70 bits per heavy atom. The average Bonchev–Trinajstić information content (AvgIpc) is 3.21. The molecule has 5 fully saturated rings. The highest BCUT2D eigenvalue weighted by Gasteiger charge is 2.71. The summed E-state index contributed by atoms with van der Waals surface area (Å²) in [5.41, 5.74) is -3.34. The predicted molar refractivity (Wildman–Crippen MR) is 140 cm³/mol. The van der Waals surface area contributed by atoms with Gasteiger partial charge in [-0.05, 0) is 87.7 Å². The van der Waals surface area contributed by atoms with Crippen molar-refractivity contribution in [3.63, 3.8) is 0 Å². The van der Waals surface area contributed by atoms with E-state index in [9.17, 15) is 35.1 Å². The maximum absolute atomic E-state index is 13.0. The van der Waals surface area contributed by atoms with Crippen LogP contribution >= 0.6 is 0 Å². The second kappa shape index (κ2) is 9.69. The van der Waals surface area contributed by atoms with Crippen LogP contribution in [-0.4, -0.2) is 79.8 Å². The van der Waals surface area contributed by atoms with E-state index >= 15 is 0 Å². The highest BCUT2D eigenvalue weighted by atomic mass is 16.7. The van der Waals surface area contributed by atoms with E-state index in [1.165, 1.54) is 12.3 Å². The number of hydrogen-bond acceptors (Lipinski definition) is 10. The minimum atomic E-state index is -1.44. The number of aliphatic hydroxyl groups is 5. The Morgan fingerprint density at radius 1 is 0.950 bits per heavy atom. The Balaban J connectivity index is 1.23. The third-order valence-corrected chi connectivity index (χ3v) is 12.0. The smallest absolute Gasteiger partial charge is 0.335 e. The minimum absolute atomic E-state index is 0.0260. The lowest BCUT2D eigenvalue weighted by atomic mass is 9.41. The van der Waals surface area contributed by atoms with Crippen LogP contribution in [-0.2, 0) is 14.3 Å². The summed E-state index contributed by atoms with van der Waals surface area (Å²) < 4.78 is 16.8. The van der Waals surface area contributed by atoms with E-state index in [0.717, 1.165) is 18.3 Å². The van der Waals surface area contributed by atoms with Crippen molar-refractivity contribution < 1.29 is 44.2 Å². The topological polar surface area (TPSA) is 167 Å². The van der Waals surface area contributed by atoms with Gasteiger partial charge in [0.25, 0.3) is 0 Å². The van der Waals surface area contributed by atoms with E-state index < -0.39 is 64.5 Å². The molecule has 2 heterocycles. The molecule has 40 heavy (non-hydrogen) atoms. The molecule has 5 aliphatic rings. The molecule has 0 amide bonds. The maximum atomic E-state index is 13.0. The van der Waals surface area contributed by atoms with E-state index in [0.29, 0.717) is 44.9 Å². The molecule has 1 aromatic heterocycles. The Labute approximate surface area is 233 Å². The van der Waals surface area contributed by atoms with Crippen LogP contribution in [0.4, 0.5) is 0 Å². The van der Waals surface area contributed by atoms with Gasteiger partial charge >= 0.3 is 5.63 Å². The molecular formula is C30H42O10. The number of aliphatic hydroxyl groups excluding tert-OH is 3. The number of carbonyl (C=O) groups is 1. The van der Waals surface area contributed by atoms with Crippen molar-refractivity contribution in [1.82, 2.24) is 0 Å². The molecule has 13 atom stereocenters. The van der Waals surface area contributed by atoms with Gasteiger partial charge in [-0.3, -0.25) is 0 Å². The van der Waals surface area contributed by atoms with E-state index in [1.807, 2.05) is 0 Å². The largest absolute Gasteiger partial charge is 0.431 e. The van der Waals surface area contributed by atoms with Crippen molar-refractivity contribution >= 4 is 6.29 Å². The van der Waals surface area contributed by atoms with Crippen LogP contribution in [0.2, 0.25) is 0 Å². The zero-order valence-corrected chi connectivity index (χ0v) is 23.1. The molecule has 0 aromatic carbocycles. The van der Waals surface area contributed by atoms with Gasteiger partial charge in [-0.2, -0.15) is 0 Å². The average molecular weight is 563 g/mol. The Hall–Kier alpha value is -1.66. The summed E-state index contributed by atoms with van der Waals surface area (Å²) in [5.74, 6) is -0.322. The molecule has 1 aliphatic heterocycles. The first-order valence-corrected chi connectivity index (χ1v) is 14.7. The van der Waals surface area contributed by atoms with Crippen molar-refractivity contribution in [1.29, 1.82) is 0 Å². The molecule has 0 radical (unpaired) electrons. The molecule has 1 aromatic rings. The summed E-state index contributed by atoms with van der Waals surface area (Å²) in [6.45, 7) is 3.71. The quantitative estimate of drug-likeness (QED) is 0.267. The molecule has 5 N–H and O–H groups in total. The highest BCUT2D eigenvalue weighted by molar-refractivity contribution is 5.64. The highest BCUT2D eigenvalue weighted by Crippen LogP contribution is 2.71. The monoisotopic (exact) mass is 562 g/mol. The van der Waals surface area contributed by atoms with Crippen LogP contribution in [0.3, 0.4) is 0 Å². The van der Waals surface area contributed by atoms with Gasteiger partial charge in [0, 0.05) is 17.9 Å². The van der Waals surface area contributed by atoms with Crippen molar-refractivity contribution in [3.05, 3.63) is 34.4 Å². The molecule has 10 nitrogen and oxygen atoms in total. The molecule has 8 unspecified atom stereocenters. The molecule has 0 bridgehead atoms. The maximum Gasteiger partial charge on any atom is 0.335 e. The lowest BCUT2D eigenvalue weighted by Crippen LogP contribution is -2.69. The molecule has 10 heteroatoms. The van der Waals surface area contributed by atoms with Crippen LogP contribution in [0, 0.1) is 22.7 Å². The molecule has 1 saturated heterocycles. The first kappa shape index (κ1) is 28.5. The fourth-order valence-corrected chi connectivity index (χ4v) is 9.67. The summed E-state index contributed by atoms with van der Waals surface area (Å²) in [6, 6.07) is 3.21. The van der Waals surface area contributed by atoms with Gasteiger partial charge in [-0.1, -0.05) is 6.92 Å². The zero-order valence-electron chi connectivity index (χ0n) is 23.1. The van der Waals surface area contributed by atoms with Crippen molar-refractivity contribution in [2.75, 3.05) is 0 Å². The van der Waals surface area contributed by atoms with Gasteiger partial charge in [0.15, 0.2) is 6.29 Å². The number of aldehydes is 1. The molecule has 4 saturated carbocycles. The Morgan fingerprint density at radius 3 is 2.40 bits per heavy atom. The number of carbonyl (C=O) groups excluding carboxylic acids is 1.